The molecule has 0 aliphatic carbocycles. The van der Waals surface area contributed by atoms with Gasteiger partial charge in [-0.2, -0.15) is 0 Å². The highest BCUT2D eigenvalue weighted by molar-refractivity contribution is 7.92. The first kappa shape index (κ1) is 17.4. The predicted octanol–water partition coefficient (Wildman–Crippen LogP) is 3.97. The second-order valence-corrected chi connectivity index (χ2v) is 7.88. The number of benzene rings is 2. The minimum Gasteiger partial charge on any atom is -0.385 e. The van der Waals surface area contributed by atoms with Crippen LogP contribution in [0, 0.1) is 0 Å². The van der Waals surface area contributed by atoms with Crippen molar-refractivity contribution < 1.29 is 8.42 Å². The van der Waals surface area contributed by atoms with Gasteiger partial charge in [0.25, 0.3) is 0 Å². The van der Waals surface area contributed by atoms with E-state index in [1.165, 1.54) is 10.9 Å². The second kappa shape index (κ2) is 7.61. The molecule has 0 aliphatic heterocycles. The quantitative estimate of drug-likeness (QED) is 0.571. The van der Waals surface area contributed by atoms with Gasteiger partial charge < -0.3 is 10.3 Å². The van der Waals surface area contributed by atoms with Crippen LogP contribution in [0.15, 0.2) is 54.7 Å². The van der Waals surface area contributed by atoms with Gasteiger partial charge in [-0.25, -0.2) is 8.42 Å². The molecule has 0 fully saturated rings. The third-order valence-corrected chi connectivity index (χ3v) is 5.52. The van der Waals surface area contributed by atoms with Crippen molar-refractivity contribution in [1.82, 2.24) is 4.98 Å². The third-order valence-electron chi connectivity index (χ3n) is 4.03. The van der Waals surface area contributed by atoms with Crippen molar-refractivity contribution in [3.05, 3.63) is 60.3 Å². The molecule has 0 unspecified atom stereocenters. The van der Waals surface area contributed by atoms with Gasteiger partial charge in [0.1, 0.15) is 0 Å². The van der Waals surface area contributed by atoms with Gasteiger partial charge in [0.05, 0.1) is 5.75 Å². The van der Waals surface area contributed by atoms with Gasteiger partial charge in [-0.05, 0) is 48.7 Å². The van der Waals surface area contributed by atoms with Crippen LogP contribution in [0.4, 0.5) is 11.4 Å². The number of aromatic amines is 1. The average Bonchev–Trinajstić information content (AvgIpc) is 2.99. The minimum atomic E-state index is -3.24. The van der Waals surface area contributed by atoms with E-state index in [4.69, 9.17) is 0 Å². The predicted molar refractivity (Wildman–Crippen MR) is 105 cm³/mol. The maximum absolute atomic E-state index is 11.8. The van der Waals surface area contributed by atoms with Gasteiger partial charge in [0.15, 0.2) is 0 Å². The van der Waals surface area contributed by atoms with Crippen LogP contribution in [0.2, 0.25) is 0 Å². The summed E-state index contributed by atoms with van der Waals surface area (Å²) < 4.78 is 26.1. The Morgan fingerprint density at radius 1 is 1.00 bits per heavy atom. The van der Waals surface area contributed by atoms with Crippen LogP contribution in [-0.2, 0) is 16.4 Å². The Bertz CT molecular complexity index is 931. The summed E-state index contributed by atoms with van der Waals surface area (Å²) in [5, 5.41) is 4.63. The Kier molecular flexibility index (Phi) is 5.28. The number of aromatic nitrogens is 1. The van der Waals surface area contributed by atoms with E-state index in [-0.39, 0.29) is 5.75 Å². The molecule has 0 atom stereocenters. The minimum absolute atomic E-state index is 0.137. The number of para-hydroxylation sites is 1. The summed E-state index contributed by atoms with van der Waals surface area (Å²) in [6.07, 6.45) is 3.57. The Morgan fingerprint density at radius 3 is 2.48 bits per heavy atom. The van der Waals surface area contributed by atoms with Crippen LogP contribution in [-0.4, -0.2) is 25.7 Å². The molecule has 0 amide bonds. The van der Waals surface area contributed by atoms with Gasteiger partial charge in [0.2, 0.25) is 10.0 Å². The van der Waals surface area contributed by atoms with E-state index in [1.807, 2.05) is 31.2 Å². The molecule has 1 heterocycles. The van der Waals surface area contributed by atoms with E-state index in [0.717, 1.165) is 24.2 Å². The molecule has 6 heteroatoms. The standard InChI is InChI=1S/C19H23N3O2S/c1-2-13-25(23,24)22-17-9-7-16(8-10-17)20-12-11-15-14-21-19-6-4-3-5-18(15)19/h3-10,14,20-22H,2,11-13H2,1H3. The molecule has 3 aromatic rings. The van der Waals surface area contributed by atoms with Gasteiger partial charge in [-0.1, -0.05) is 25.1 Å². The topological polar surface area (TPSA) is 74.0 Å². The molecule has 3 N–H and O–H groups in total. The molecule has 2 aromatic carbocycles. The van der Waals surface area contributed by atoms with E-state index in [2.05, 4.69) is 33.4 Å². The maximum atomic E-state index is 11.8. The maximum Gasteiger partial charge on any atom is 0.232 e. The Balaban J connectivity index is 1.55. The first-order valence-electron chi connectivity index (χ1n) is 8.47. The zero-order valence-corrected chi connectivity index (χ0v) is 15.1. The number of hydrogen-bond acceptors (Lipinski definition) is 3. The molecule has 0 saturated heterocycles. The van der Waals surface area contributed by atoms with Crippen LogP contribution in [0.25, 0.3) is 10.9 Å². The summed E-state index contributed by atoms with van der Waals surface area (Å²) in [4.78, 5) is 3.28. The Hall–Kier alpha value is -2.47. The van der Waals surface area contributed by atoms with Crippen molar-refractivity contribution >= 4 is 32.3 Å². The molecule has 0 bridgehead atoms. The average molecular weight is 357 g/mol. The second-order valence-electron chi connectivity index (χ2n) is 6.03. The van der Waals surface area contributed by atoms with Crippen LogP contribution in [0.3, 0.4) is 0 Å². The number of anilines is 2. The lowest BCUT2D eigenvalue weighted by Gasteiger charge is -2.09. The number of hydrogen-bond donors (Lipinski definition) is 3. The molecular weight excluding hydrogens is 334 g/mol. The summed E-state index contributed by atoms with van der Waals surface area (Å²) in [6.45, 7) is 2.66. The highest BCUT2D eigenvalue weighted by atomic mass is 32.2. The van der Waals surface area contributed by atoms with Crippen molar-refractivity contribution in [3.63, 3.8) is 0 Å². The number of rotatable bonds is 8. The van der Waals surface area contributed by atoms with Crippen molar-refractivity contribution in [2.75, 3.05) is 22.3 Å². The van der Waals surface area contributed by atoms with Crippen LogP contribution < -0.4 is 10.0 Å². The summed E-state index contributed by atoms with van der Waals surface area (Å²) in [7, 11) is -3.24. The van der Waals surface area contributed by atoms with Crippen molar-refractivity contribution in [2.24, 2.45) is 0 Å². The lowest BCUT2D eigenvalue weighted by molar-refractivity contribution is 0.600. The molecule has 5 nitrogen and oxygen atoms in total. The van der Waals surface area contributed by atoms with Gasteiger partial charge in [-0.3, -0.25) is 4.72 Å². The van der Waals surface area contributed by atoms with Crippen LogP contribution in [0.5, 0.6) is 0 Å². The van der Waals surface area contributed by atoms with Crippen molar-refractivity contribution in [3.8, 4) is 0 Å². The van der Waals surface area contributed by atoms with E-state index >= 15 is 0 Å². The number of nitrogens with one attached hydrogen (secondary N) is 3. The summed E-state index contributed by atoms with van der Waals surface area (Å²) in [6, 6.07) is 15.6. The van der Waals surface area contributed by atoms with Gasteiger partial charge >= 0.3 is 0 Å². The zero-order chi connectivity index (χ0) is 17.7. The Labute approximate surface area is 148 Å². The third kappa shape index (κ3) is 4.54. The summed E-state index contributed by atoms with van der Waals surface area (Å²) >= 11 is 0. The first-order chi connectivity index (χ1) is 12.1. The summed E-state index contributed by atoms with van der Waals surface area (Å²) in [5.74, 6) is 0.137. The first-order valence-corrected chi connectivity index (χ1v) is 10.1. The largest absolute Gasteiger partial charge is 0.385 e. The van der Waals surface area contributed by atoms with E-state index in [1.54, 1.807) is 12.1 Å². The summed E-state index contributed by atoms with van der Waals surface area (Å²) in [5.41, 5.74) is 4.00. The molecule has 0 saturated carbocycles. The normalized spacial score (nSPS) is 11.6. The Morgan fingerprint density at radius 2 is 1.72 bits per heavy atom. The molecule has 25 heavy (non-hydrogen) atoms. The van der Waals surface area contributed by atoms with Crippen molar-refractivity contribution in [1.29, 1.82) is 0 Å². The SMILES string of the molecule is CCCS(=O)(=O)Nc1ccc(NCCc2c[nH]c3ccccc23)cc1. The number of fused-ring (bicyclic) bond motifs is 1. The molecule has 0 spiro atoms. The van der Waals surface area contributed by atoms with Crippen LogP contribution >= 0.6 is 0 Å². The van der Waals surface area contributed by atoms with Crippen molar-refractivity contribution in [2.45, 2.75) is 19.8 Å². The lowest BCUT2D eigenvalue weighted by atomic mass is 10.1. The van der Waals surface area contributed by atoms with Crippen LogP contribution in [0.1, 0.15) is 18.9 Å². The van der Waals surface area contributed by atoms with Gasteiger partial charge in [0, 0.05) is 35.0 Å². The fourth-order valence-electron chi connectivity index (χ4n) is 2.84. The van der Waals surface area contributed by atoms with E-state index in [0.29, 0.717) is 12.1 Å². The highest BCUT2D eigenvalue weighted by Gasteiger charge is 2.08. The monoisotopic (exact) mass is 357 g/mol. The molecule has 1 aromatic heterocycles. The number of sulfonamides is 1. The smallest absolute Gasteiger partial charge is 0.232 e. The molecule has 0 aliphatic rings. The fraction of sp³-hybridized carbons (Fsp3) is 0.263. The van der Waals surface area contributed by atoms with Gasteiger partial charge in [-0.15, -0.1) is 0 Å². The number of H-pyrrole nitrogens is 1. The van der Waals surface area contributed by atoms with E-state index < -0.39 is 10.0 Å². The zero-order valence-electron chi connectivity index (χ0n) is 14.2. The lowest BCUT2D eigenvalue weighted by Crippen LogP contribution is -2.16. The highest BCUT2D eigenvalue weighted by Crippen LogP contribution is 2.19. The molecular formula is C19H23N3O2S. The van der Waals surface area contributed by atoms with E-state index in [9.17, 15) is 8.42 Å². The molecule has 3 rings (SSSR count). The fourth-order valence-corrected chi connectivity index (χ4v) is 3.97. The molecule has 0 radical (unpaired) electrons. The molecule has 132 valence electrons.